The Morgan fingerprint density at radius 3 is 2.36 bits per heavy atom. The van der Waals surface area contributed by atoms with E-state index in [1.807, 2.05) is 0 Å². The quantitative estimate of drug-likeness (QED) is 0.777. The molecule has 0 spiro atoms. The Hall–Kier alpha value is -2.89. The number of carbonyl (C=O) groups excluding carboxylic acids is 1. The van der Waals surface area contributed by atoms with Crippen molar-refractivity contribution in [3.63, 3.8) is 0 Å². The molecule has 0 bridgehead atoms. The van der Waals surface area contributed by atoms with Gasteiger partial charge in [-0.1, -0.05) is 0 Å². The van der Waals surface area contributed by atoms with Gasteiger partial charge in [0.05, 0.1) is 26.9 Å². The van der Waals surface area contributed by atoms with E-state index in [2.05, 4.69) is 0 Å². The predicted octanol–water partition coefficient (Wildman–Crippen LogP) is 2.87. The van der Waals surface area contributed by atoms with Gasteiger partial charge in [-0.05, 0) is 24.3 Å². The lowest BCUT2D eigenvalue weighted by Crippen LogP contribution is -2.31. The second-order valence-electron chi connectivity index (χ2n) is 5.58. The molecule has 3 rings (SSSR count). The van der Waals surface area contributed by atoms with E-state index in [4.69, 9.17) is 23.7 Å². The fraction of sp³-hybridized carbons (Fsp3) is 0.316. The Balaban J connectivity index is 1.72. The molecule has 0 aromatic heterocycles. The summed E-state index contributed by atoms with van der Waals surface area (Å²) in [6.07, 6.45) is 0.133. The number of carbonyl (C=O) groups is 1. The highest BCUT2D eigenvalue weighted by Crippen LogP contribution is 2.37. The molecule has 0 saturated carbocycles. The Kier molecular flexibility index (Phi) is 4.97. The van der Waals surface area contributed by atoms with Crippen LogP contribution in [0.4, 0.5) is 0 Å². The maximum Gasteiger partial charge on any atom is 0.338 e. The molecule has 132 valence electrons. The zero-order chi connectivity index (χ0) is 17.8. The van der Waals surface area contributed by atoms with Crippen molar-refractivity contribution < 1.29 is 28.5 Å². The first-order chi connectivity index (χ1) is 12.1. The van der Waals surface area contributed by atoms with E-state index in [0.717, 1.165) is 5.56 Å². The van der Waals surface area contributed by atoms with Crippen LogP contribution in [-0.4, -0.2) is 40.0 Å². The highest BCUT2D eigenvalue weighted by atomic mass is 16.6. The van der Waals surface area contributed by atoms with Gasteiger partial charge in [0.15, 0.2) is 0 Å². The molecular weight excluding hydrogens is 324 g/mol. The van der Waals surface area contributed by atoms with Gasteiger partial charge in [0.25, 0.3) is 0 Å². The van der Waals surface area contributed by atoms with Gasteiger partial charge in [0.1, 0.15) is 35.7 Å². The van der Waals surface area contributed by atoms with Crippen molar-refractivity contribution >= 4 is 5.97 Å². The topological polar surface area (TPSA) is 63.2 Å². The molecule has 0 aliphatic carbocycles. The van der Waals surface area contributed by atoms with Crippen LogP contribution in [0.2, 0.25) is 0 Å². The van der Waals surface area contributed by atoms with Gasteiger partial charge in [-0.2, -0.15) is 0 Å². The lowest BCUT2D eigenvalue weighted by atomic mass is 10.0. The molecule has 25 heavy (non-hydrogen) atoms. The number of hydrogen-bond acceptors (Lipinski definition) is 6. The summed E-state index contributed by atoms with van der Waals surface area (Å²) in [5.41, 5.74) is 1.33. The first-order valence-corrected chi connectivity index (χ1v) is 7.87. The highest BCUT2D eigenvalue weighted by Gasteiger charge is 2.27. The SMILES string of the molecule is COc1ccc(C(=O)OC2COc3cc(OC)cc(OC)c3C2)cc1. The lowest BCUT2D eigenvalue weighted by molar-refractivity contribution is 0.0128. The highest BCUT2D eigenvalue weighted by molar-refractivity contribution is 5.89. The van der Waals surface area contributed by atoms with Gasteiger partial charge in [0, 0.05) is 24.1 Å². The minimum absolute atomic E-state index is 0.283. The van der Waals surface area contributed by atoms with Crippen LogP contribution in [0.1, 0.15) is 15.9 Å². The summed E-state index contributed by atoms with van der Waals surface area (Å²) in [5.74, 6) is 2.29. The number of fused-ring (bicyclic) bond motifs is 1. The average Bonchev–Trinajstić information content (AvgIpc) is 2.67. The molecule has 6 heteroatoms. The van der Waals surface area contributed by atoms with Crippen molar-refractivity contribution in [1.82, 2.24) is 0 Å². The van der Waals surface area contributed by atoms with Gasteiger partial charge in [-0.3, -0.25) is 0 Å². The van der Waals surface area contributed by atoms with Gasteiger partial charge in [-0.15, -0.1) is 0 Å². The lowest BCUT2D eigenvalue weighted by Gasteiger charge is -2.27. The summed E-state index contributed by atoms with van der Waals surface area (Å²) in [6, 6.07) is 10.4. The third kappa shape index (κ3) is 3.63. The van der Waals surface area contributed by atoms with E-state index < -0.39 is 5.97 Å². The zero-order valence-electron chi connectivity index (χ0n) is 14.4. The van der Waals surface area contributed by atoms with Crippen LogP contribution < -0.4 is 18.9 Å². The molecule has 0 radical (unpaired) electrons. The minimum atomic E-state index is -0.396. The molecule has 1 heterocycles. The predicted molar refractivity (Wildman–Crippen MR) is 90.9 cm³/mol. The van der Waals surface area contributed by atoms with Crippen molar-refractivity contribution in [2.45, 2.75) is 12.5 Å². The number of ether oxygens (including phenoxy) is 5. The van der Waals surface area contributed by atoms with Crippen molar-refractivity contribution in [2.24, 2.45) is 0 Å². The molecule has 1 atom stereocenters. The third-order valence-electron chi connectivity index (χ3n) is 4.05. The van der Waals surface area contributed by atoms with E-state index in [9.17, 15) is 4.79 Å². The molecule has 1 unspecified atom stereocenters. The van der Waals surface area contributed by atoms with Gasteiger partial charge in [0.2, 0.25) is 0 Å². The Morgan fingerprint density at radius 2 is 1.72 bits per heavy atom. The maximum atomic E-state index is 12.3. The monoisotopic (exact) mass is 344 g/mol. The number of hydrogen-bond donors (Lipinski definition) is 0. The second-order valence-corrected chi connectivity index (χ2v) is 5.58. The molecule has 1 aliphatic heterocycles. The molecule has 1 aliphatic rings. The van der Waals surface area contributed by atoms with Crippen molar-refractivity contribution in [3.8, 4) is 23.0 Å². The van der Waals surface area contributed by atoms with Gasteiger partial charge >= 0.3 is 5.97 Å². The standard InChI is InChI=1S/C19H20O6/c1-21-13-6-4-12(5-7-13)19(20)25-15-8-16-17(23-3)9-14(22-2)10-18(16)24-11-15/h4-7,9-10,15H,8,11H2,1-3H3. The normalized spacial score (nSPS) is 15.6. The Morgan fingerprint density at radius 1 is 1.00 bits per heavy atom. The zero-order valence-corrected chi connectivity index (χ0v) is 14.4. The molecule has 0 fully saturated rings. The molecule has 0 amide bonds. The second kappa shape index (κ2) is 7.34. The van der Waals surface area contributed by atoms with Crippen LogP contribution >= 0.6 is 0 Å². The van der Waals surface area contributed by atoms with Crippen molar-refractivity contribution in [2.75, 3.05) is 27.9 Å². The summed E-state index contributed by atoms with van der Waals surface area (Å²) in [4.78, 5) is 12.3. The number of benzene rings is 2. The number of methoxy groups -OCH3 is 3. The molecule has 6 nitrogen and oxygen atoms in total. The minimum Gasteiger partial charge on any atom is -0.497 e. The van der Waals surface area contributed by atoms with Crippen LogP contribution in [0.25, 0.3) is 0 Å². The Labute approximate surface area is 146 Å². The maximum absolute atomic E-state index is 12.3. The number of rotatable bonds is 5. The van der Waals surface area contributed by atoms with E-state index in [1.54, 1.807) is 57.7 Å². The fourth-order valence-corrected chi connectivity index (χ4v) is 2.72. The van der Waals surface area contributed by atoms with E-state index in [-0.39, 0.29) is 12.7 Å². The van der Waals surface area contributed by atoms with Crippen molar-refractivity contribution in [1.29, 1.82) is 0 Å². The summed E-state index contributed by atoms with van der Waals surface area (Å²) in [7, 11) is 4.75. The van der Waals surface area contributed by atoms with Gasteiger partial charge < -0.3 is 23.7 Å². The van der Waals surface area contributed by atoms with Crippen LogP contribution in [0, 0.1) is 0 Å². The van der Waals surface area contributed by atoms with Crippen LogP contribution in [0.15, 0.2) is 36.4 Å². The largest absolute Gasteiger partial charge is 0.497 e. The van der Waals surface area contributed by atoms with E-state index >= 15 is 0 Å². The molecular formula is C19H20O6. The summed E-state index contributed by atoms with van der Waals surface area (Å²) in [6.45, 7) is 0.283. The van der Waals surface area contributed by atoms with E-state index in [1.165, 1.54) is 0 Å². The summed E-state index contributed by atoms with van der Waals surface area (Å²) in [5, 5.41) is 0. The van der Waals surface area contributed by atoms with Crippen LogP contribution in [0.5, 0.6) is 23.0 Å². The molecule has 0 saturated heterocycles. The summed E-state index contributed by atoms with van der Waals surface area (Å²) >= 11 is 0. The Bertz CT molecular complexity index is 736. The molecule has 2 aromatic rings. The third-order valence-corrected chi connectivity index (χ3v) is 4.05. The first kappa shape index (κ1) is 17.0. The van der Waals surface area contributed by atoms with Crippen LogP contribution in [0.3, 0.4) is 0 Å². The average molecular weight is 344 g/mol. The van der Waals surface area contributed by atoms with E-state index in [0.29, 0.717) is 35.0 Å². The summed E-state index contributed by atoms with van der Waals surface area (Å²) < 4.78 is 27.0. The fourth-order valence-electron chi connectivity index (χ4n) is 2.72. The first-order valence-electron chi connectivity index (χ1n) is 7.87. The molecule has 2 aromatic carbocycles. The smallest absolute Gasteiger partial charge is 0.338 e. The molecule has 0 N–H and O–H groups in total. The van der Waals surface area contributed by atoms with Gasteiger partial charge in [-0.25, -0.2) is 4.79 Å². The van der Waals surface area contributed by atoms with Crippen LogP contribution in [-0.2, 0) is 11.2 Å². The van der Waals surface area contributed by atoms with Crippen molar-refractivity contribution in [3.05, 3.63) is 47.5 Å². The number of esters is 1.